The zero-order valence-corrected chi connectivity index (χ0v) is 10.9. The number of carboxylic acids is 1. The SMILES string of the molecule is O=C(O)[C@H]1CC[C@@H](C(=O)Nc2cc(Cl)ccc2O)C1. The second-order valence-corrected chi connectivity index (χ2v) is 5.13. The lowest BCUT2D eigenvalue weighted by Crippen LogP contribution is -2.21. The lowest BCUT2D eigenvalue weighted by atomic mass is 10.0. The van der Waals surface area contributed by atoms with Gasteiger partial charge in [-0.1, -0.05) is 11.6 Å². The Labute approximate surface area is 115 Å². The van der Waals surface area contributed by atoms with E-state index in [0.29, 0.717) is 24.3 Å². The van der Waals surface area contributed by atoms with Crippen LogP contribution in [0, 0.1) is 11.8 Å². The fourth-order valence-electron chi connectivity index (χ4n) is 2.29. The van der Waals surface area contributed by atoms with Crippen LogP contribution in [0.2, 0.25) is 5.02 Å². The molecule has 1 fully saturated rings. The second-order valence-electron chi connectivity index (χ2n) is 4.70. The highest BCUT2D eigenvalue weighted by atomic mass is 35.5. The highest BCUT2D eigenvalue weighted by Gasteiger charge is 2.34. The Morgan fingerprint density at radius 2 is 1.95 bits per heavy atom. The standard InChI is InChI=1S/C13H14ClNO4/c14-9-3-4-11(16)10(6-9)15-12(17)7-1-2-8(5-7)13(18)19/h3-4,6-8,16H,1-2,5H2,(H,15,17)(H,18,19)/t7-,8+/m1/s1. The fourth-order valence-corrected chi connectivity index (χ4v) is 2.46. The molecule has 2 rings (SSSR count). The number of hydrogen-bond acceptors (Lipinski definition) is 3. The van der Waals surface area contributed by atoms with Gasteiger partial charge in [0.2, 0.25) is 5.91 Å². The molecule has 3 N–H and O–H groups in total. The zero-order valence-electron chi connectivity index (χ0n) is 10.1. The van der Waals surface area contributed by atoms with Crippen molar-refractivity contribution in [2.24, 2.45) is 11.8 Å². The van der Waals surface area contributed by atoms with Crippen molar-refractivity contribution in [1.82, 2.24) is 0 Å². The van der Waals surface area contributed by atoms with Gasteiger partial charge in [0.1, 0.15) is 5.75 Å². The number of nitrogens with one attached hydrogen (secondary N) is 1. The maximum Gasteiger partial charge on any atom is 0.306 e. The van der Waals surface area contributed by atoms with Gasteiger partial charge in [-0.15, -0.1) is 0 Å². The third-order valence-electron chi connectivity index (χ3n) is 3.37. The van der Waals surface area contributed by atoms with Crippen LogP contribution in [0.25, 0.3) is 0 Å². The number of carboxylic acid groups (broad SMARTS) is 1. The molecule has 0 aromatic heterocycles. The number of carbonyl (C=O) groups is 2. The van der Waals surface area contributed by atoms with Crippen molar-refractivity contribution in [2.45, 2.75) is 19.3 Å². The van der Waals surface area contributed by atoms with Crippen LogP contribution in [-0.4, -0.2) is 22.1 Å². The summed E-state index contributed by atoms with van der Waals surface area (Å²) in [5, 5.41) is 21.5. The van der Waals surface area contributed by atoms with Crippen LogP contribution < -0.4 is 5.32 Å². The molecule has 1 aromatic carbocycles. The summed E-state index contributed by atoms with van der Waals surface area (Å²) in [4.78, 5) is 22.8. The highest BCUT2D eigenvalue weighted by molar-refractivity contribution is 6.31. The number of aromatic hydroxyl groups is 1. The molecule has 5 nitrogen and oxygen atoms in total. The smallest absolute Gasteiger partial charge is 0.306 e. The lowest BCUT2D eigenvalue weighted by Gasteiger charge is -2.12. The third kappa shape index (κ3) is 3.17. The van der Waals surface area contributed by atoms with Crippen molar-refractivity contribution in [1.29, 1.82) is 0 Å². The summed E-state index contributed by atoms with van der Waals surface area (Å²) in [5.41, 5.74) is 0.247. The quantitative estimate of drug-likeness (QED) is 0.744. The molecule has 19 heavy (non-hydrogen) atoms. The maximum atomic E-state index is 12.0. The Morgan fingerprint density at radius 3 is 2.58 bits per heavy atom. The largest absolute Gasteiger partial charge is 0.506 e. The number of phenolic OH excluding ortho intramolecular Hbond substituents is 1. The lowest BCUT2D eigenvalue weighted by molar-refractivity contribution is -0.141. The van der Waals surface area contributed by atoms with E-state index in [0.717, 1.165) is 0 Å². The monoisotopic (exact) mass is 283 g/mol. The van der Waals surface area contributed by atoms with Gasteiger partial charge < -0.3 is 15.5 Å². The van der Waals surface area contributed by atoms with Crippen LogP contribution in [-0.2, 0) is 9.59 Å². The molecule has 2 atom stereocenters. The fraction of sp³-hybridized carbons (Fsp3) is 0.385. The topological polar surface area (TPSA) is 86.6 Å². The van der Waals surface area contributed by atoms with E-state index in [1.807, 2.05) is 0 Å². The normalized spacial score (nSPS) is 22.2. The Bertz CT molecular complexity index is 517. The molecule has 1 amide bonds. The van der Waals surface area contributed by atoms with Crippen LogP contribution in [0.3, 0.4) is 0 Å². The molecule has 1 aliphatic rings. The number of phenols is 1. The number of anilines is 1. The number of halogens is 1. The van der Waals surface area contributed by atoms with E-state index in [4.69, 9.17) is 16.7 Å². The molecule has 1 saturated carbocycles. The Hall–Kier alpha value is -1.75. The van der Waals surface area contributed by atoms with Crippen molar-refractivity contribution >= 4 is 29.2 Å². The minimum atomic E-state index is -0.860. The molecule has 0 heterocycles. The molecular weight excluding hydrogens is 270 g/mol. The van der Waals surface area contributed by atoms with E-state index in [-0.39, 0.29) is 23.3 Å². The molecule has 0 aliphatic heterocycles. The first-order valence-electron chi connectivity index (χ1n) is 5.99. The van der Waals surface area contributed by atoms with Crippen molar-refractivity contribution in [3.63, 3.8) is 0 Å². The highest BCUT2D eigenvalue weighted by Crippen LogP contribution is 2.33. The first-order chi connectivity index (χ1) is 8.97. The van der Waals surface area contributed by atoms with Crippen molar-refractivity contribution in [2.75, 3.05) is 5.32 Å². The molecule has 6 heteroatoms. The Balaban J connectivity index is 2.02. The summed E-state index contributed by atoms with van der Waals surface area (Å²) in [7, 11) is 0. The second kappa shape index (κ2) is 5.48. The number of hydrogen-bond donors (Lipinski definition) is 3. The summed E-state index contributed by atoms with van der Waals surface area (Å²) in [5.74, 6) is -1.99. The van der Waals surface area contributed by atoms with Gasteiger partial charge >= 0.3 is 5.97 Å². The van der Waals surface area contributed by atoms with Crippen LogP contribution in [0.1, 0.15) is 19.3 Å². The summed E-state index contributed by atoms with van der Waals surface area (Å²) < 4.78 is 0. The van der Waals surface area contributed by atoms with Crippen LogP contribution >= 0.6 is 11.6 Å². The molecule has 0 unspecified atom stereocenters. The average molecular weight is 284 g/mol. The van der Waals surface area contributed by atoms with E-state index in [1.54, 1.807) is 0 Å². The number of aliphatic carboxylic acids is 1. The van der Waals surface area contributed by atoms with Crippen molar-refractivity contribution in [3.8, 4) is 5.75 Å². The van der Waals surface area contributed by atoms with E-state index in [2.05, 4.69) is 5.32 Å². The summed E-state index contributed by atoms with van der Waals surface area (Å²) in [6, 6.07) is 4.37. The molecule has 0 saturated heterocycles. The average Bonchev–Trinajstić information content (AvgIpc) is 2.83. The van der Waals surface area contributed by atoms with E-state index < -0.39 is 11.9 Å². The maximum absolute atomic E-state index is 12.0. The predicted octanol–water partition coefficient (Wildman–Crippen LogP) is 2.49. The van der Waals surface area contributed by atoms with Gasteiger partial charge in [0.25, 0.3) is 0 Å². The molecule has 102 valence electrons. The van der Waals surface area contributed by atoms with Crippen LogP contribution in [0.15, 0.2) is 18.2 Å². The van der Waals surface area contributed by atoms with Crippen molar-refractivity contribution < 1.29 is 19.8 Å². The summed E-state index contributed by atoms with van der Waals surface area (Å²) in [6.45, 7) is 0. The van der Waals surface area contributed by atoms with Gasteiger partial charge in [-0.3, -0.25) is 9.59 Å². The number of benzene rings is 1. The third-order valence-corrected chi connectivity index (χ3v) is 3.60. The molecule has 0 radical (unpaired) electrons. The van der Waals surface area contributed by atoms with Gasteiger partial charge in [0.15, 0.2) is 0 Å². The first-order valence-corrected chi connectivity index (χ1v) is 6.37. The zero-order chi connectivity index (χ0) is 14.0. The molecular formula is C13H14ClNO4. The molecule has 1 aromatic rings. The molecule has 1 aliphatic carbocycles. The van der Waals surface area contributed by atoms with Gasteiger partial charge in [-0.05, 0) is 37.5 Å². The number of carbonyl (C=O) groups excluding carboxylic acids is 1. The van der Waals surface area contributed by atoms with Gasteiger partial charge in [-0.2, -0.15) is 0 Å². The molecule has 0 bridgehead atoms. The van der Waals surface area contributed by atoms with Crippen molar-refractivity contribution in [3.05, 3.63) is 23.2 Å². The minimum absolute atomic E-state index is 0.0643. The number of amides is 1. The summed E-state index contributed by atoms with van der Waals surface area (Å²) >= 11 is 5.78. The molecule has 0 spiro atoms. The van der Waals surface area contributed by atoms with Crippen LogP contribution in [0.4, 0.5) is 5.69 Å². The predicted molar refractivity (Wildman–Crippen MR) is 70.2 cm³/mol. The van der Waals surface area contributed by atoms with Crippen LogP contribution in [0.5, 0.6) is 5.75 Å². The van der Waals surface area contributed by atoms with E-state index in [1.165, 1.54) is 18.2 Å². The van der Waals surface area contributed by atoms with E-state index in [9.17, 15) is 14.7 Å². The first kappa shape index (κ1) is 13.7. The minimum Gasteiger partial charge on any atom is -0.506 e. The Kier molecular flexibility index (Phi) is 3.95. The van der Waals surface area contributed by atoms with Gasteiger partial charge in [0, 0.05) is 10.9 Å². The van der Waals surface area contributed by atoms with Gasteiger partial charge in [-0.25, -0.2) is 0 Å². The van der Waals surface area contributed by atoms with E-state index >= 15 is 0 Å². The number of rotatable bonds is 3. The summed E-state index contributed by atoms with van der Waals surface area (Å²) in [6.07, 6.45) is 1.39. The van der Waals surface area contributed by atoms with Gasteiger partial charge in [0.05, 0.1) is 11.6 Å². The Morgan fingerprint density at radius 1 is 1.26 bits per heavy atom.